The summed E-state index contributed by atoms with van der Waals surface area (Å²) >= 11 is 0. The summed E-state index contributed by atoms with van der Waals surface area (Å²) in [4.78, 5) is 31.3. The molecule has 1 atom stereocenters. The maximum absolute atomic E-state index is 11.7. The highest BCUT2D eigenvalue weighted by Gasteiger charge is 2.26. The van der Waals surface area contributed by atoms with E-state index in [4.69, 9.17) is 11.5 Å². The van der Waals surface area contributed by atoms with Gasteiger partial charge in [0.15, 0.2) is 5.78 Å². The molecule has 4 N–H and O–H groups in total. The lowest BCUT2D eigenvalue weighted by atomic mass is 10.0. The minimum absolute atomic E-state index is 0.174. The van der Waals surface area contributed by atoms with Crippen LogP contribution in [0.15, 0.2) is 18.2 Å². The second kappa shape index (κ2) is 5.29. The van der Waals surface area contributed by atoms with Gasteiger partial charge in [0.25, 0.3) is 11.4 Å². The van der Waals surface area contributed by atoms with Gasteiger partial charge in [0.05, 0.1) is 27.5 Å². The predicted octanol–water partition coefficient (Wildman–Crippen LogP) is -0.0283. The second-order valence-electron chi connectivity index (χ2n) is 3.42. The largest absolute Gasteiger partial charge is 0.328 e. The molecule has 0 radical (unpaired) electrons. The molecule has 18 heavy (non-hydrogen) atoms. The molecule has 0 fully saturated rings. The average molecular weight is 254 g/mol. The van der Waals surface area contributed by atoms with Gasteiger partial charge in [0.1, 0.15) is 0 Å². The summed E-state index contributed by atoms with van der Waals surface area (Å²) in [6.45, 7) is -0.174. The molecule has 0 aromatic heterocycles. The molecule has 1 rings (SSSR count). The van der Waals surface area contributed by atoms with Crippen LogP contribution in [0.5, 0.6) is 0 Å². The fourth-order valence-electron chi connectivity index (χ4n) is 1.30. The topological polar surface area (TPSA) is 155 Å². The number of ketones is 1. The van der Waals surface area contributed by atoms with Crippen molar-refractivity contribution < 1.29 is 14.6 Å². The zero-order chi connectivity index (χ0) is 13.9. The number of carbonyl (C=O) groups is 1. The average Bonchev–Trinajstić information content (AvgIpc) is 2.35. The second-order valence-corrected chi connectivity index (χ2v) is 3.42. The molecular weight excluding hydrogens is 244 g/mol. The van der Waals surface area contributed by atoms with Crippen molar-refractivity contribution >= 4 is 17.2 Å². The van der Waals surface area contributed by atoms with Gasteiger partial charge in [0.2, 0.25) is 0 Å². The quantitative estimate of drug-likeness (QED) is 0.424. The SMILES string of the molecule is NC[C@H](N)C(=O)c1ccc([N+](=O)[O-])cc1[N+](=O)[O-]. The monoisotopic (exact) mass is 254 g/mol. The van der Waals surface area contributed by atoms with Crippen LogP contribution in [-0.4, -0.2) is 28.2 Å². The Bertz CT molecular complexity index is 516. The number of nitrogens with zero attached hydrogens (tertiary/aromatic N) is 2. The highest BCUT2D eigenvalue weighted by atomic mass is 16.6. The van der Waals surface area contributed by atoms with Crippen LogP contribution >= 0.6 is 0 Å². The van der Waals surface area contributed by atoms with E-state index in [1.165, 1.54) is 0 Å². The van der Waals surface area contributed by atoms with Crippen molar-refractivity contribution in [2.45, 2.75) is 6.04 Å². The molecule has 0 aliphatic rings. The van der Waals surface area contributed by atoms with E-state index in [-0.39, 0.29) is 12.1 Å². The van der Waals surface area contributed by atoms with Crippen LogP contribution in [0.25, 0.3) is 0 Å². The molecule has 0 bridgehead atoms. The first kappa shape index (κ1) is 13.7. The number of non-ortho nitro benzene ring substituents is 1. The molecule has 0 unspecified atom stereocenters. The van der Waals surface area contributed by atoms with Crippen LogP contribution in [0.4, 0.5) is 11.4 Å². The summed E-state index contributed by atoms with van der Waals surface area (Å²) in [6, 6.07) is 1.65. The van der Waals surface area contributed by atoms with Crippen molar-refractivity contribution in [1.82, 2.24) is 0 Å². The van der Waals surface area contributed by atoms with Crippen LogP contribution < -0.4 is 11.5 Å². The Morgan fingerprint density at radius 1 is 1.28 bits per heavy atom. The number of benzene rings is 1. The van der Waals surface area contributed by atoms with Crippen molar-refractivity contribution in [3.05, 3.63) is 44.0 Å². The van der Waals surface area contributed by atoms with Gasteiger partial charge in [0, 0.05) is 12.6 Å². The van der Waals surface area contributed by atoms with Gasteiger partial charge < -0.3 is 11.5 Å². The Morgan fingerprint density at radius 2 is 1.89 bits per heavy atom. The van der Waals surface area contributed by atoms with Crippen molar-refractivity contribution in [2.75, 3.05) is 6.54 Å². The molecule has 0 aliphatic heterocycles. The molecule has 0 amide bonds. The van der Waals surface area contributed by atoms with E-state index in [1.807, 2.05) is 0 Å². The van der Waals surface area contributed by atoms with Gasteiger partial charge in [-0.15, -0.1) is 0 Å². The smallest absolute Gasteiger partial charge is 0.287 e. The predicted molar refractivity (Wildman–Crippen MR) is 61.1 cm³/mol. The number of carbonyl (C=O) groups excluding carboxylic acids is 1. The molecule has 96 valence electrons. The molecule has 0 spiro atoms. The minimum atomic E-state index is -1.08. The van der Waals surface area contributed by atoms with Crippen LogP contribution in [-0.2, 0) is 0 Å². The van der Waals surface area contributed by atoms with Gasteiger partial charge >= 0.3 is 0 Å². The standard InChI is InChI=1S/C9H10N4O5/c10-4-7(11)9(14)6-2-1-5(12(15)16)3-8(6)13(17)18/h1-3,7H,4,10-11H2/t7-/m0/s1. The zero-order valence-electron chi connectivity index (χ0n) is 9.11. The zero-order valence-corrected chi connectivity index (χ0v) is 9.11. The highest BCUT2D eigenvalue weighted by Crippen LogP contribution is 2.25. The molecule has 1 aromatic carbocycles. The Hall–Kier alpha value is -2.39. The molecule has 0 aliphatic carbocycles. The Morgan fingerprint density at radius 3 is 2.33 bits per heavy atom. The fourth-order valence-corrected chi connectivity index (χ4v) is 1.30. The van der Waals surface area contributed by atoms with E-state index >= 15 is 0 Å². The van der Waals surface area contributed by atoms with Crippen LogP contribution in [0, 0.1) is 20.2 Å². The number of rotatable bonds is 5. The first-order chi connectivity index (χ1) is 8.38. The summed E-state index contributed by atoms with van der Waals surface area (Å²) in [5.41, 5.74) is 9.16. The van der Waals surface area contributed by atoms with Crippen molar-refractivity contribution in [3.63, 3.8) is 0 Å². The Balaban J connectivity index is 3.32. The molecule has 1 aromatic rings. The Labute approximate surface area is 101 Å². The molecule has 9 heteroatoms. The third-order valence-corrected chi connectivity index (χ3v) is 2.24. The number of hydrogen-bond acceptors (Lipinski definition) is 7. The summed E-state index contributed by atoms with van der Waals surface area (Å²) in [7, 11) is 0. The number of nitrogens with two attached hydrogens (primary N) is 2. The van der Waals surface area contributed by atoms with Gasteiger partial charge in [-0.3, -0.25) is 25.0 Å². The number of hydrogen-bond donors (Lipinski definition) is 2. The molecular formula is C9H10N4O5. The van der Waals surface area contributed by atoms with E-state index in [9.17, 15) is 25.0 Å². The first-order valence-electron chi connectivity index (χ1n) is 4.81. The molecule has 0 saturated carbocycles. The molecule has 9 nitrogen and oxygen atoms in total. The summed E-state index contributed by atoms with van der Waals surface area (Å²) in [5.74, 6) is -0.723. The van der Waals surface area contributed by atoms with Gasteiger partial charge in [-0.05, 0) is 6.07 Å². The lowest BCUT2D eigenvalue weighted by Gasteiger charge is -2.07. The van der Waals surface area contributed by atoms with Crippen molar-refractivity contribution in [3.8, 4) is 0 Å². The fraction of sp³-hybridized carbons (Fsp3) is 0.222. The summed E-state index contributed by atoms with van der Waals surface area (Å²) in [6.07, 6.45) is 0. The van der Waals surface area contributed by atoms with Crippen LogP contribution in [0.2, 0.25) is 0 Å². The summed E-state index contributed by atoms with van der Waals surface area (Å²) in [5, 5.41) is 21.3. The van der Waals surface area contributed by atoms with E-state index < -0.39 is 33.0 Å². The van der Waals surface area contributed by atoms with E-state index in [0.717, 1.165) is 18.2 Å². The Kier molecular flexibility index (Phi) is 4.02. The van der Waals surface area contributed by atoms with E-state index in [1.54, 1.807) is 0 Å². The minimum Gasteiger partial charge on any atom is -0.328 e. The molecule has 0 heterocycles. The lowest BCUT2D eigenvalue weighted by molar-refractivity contribution is -0.394. The third-order valence-electron chi connectivity index (χ3n) is 2.24. The van der Waals surface area contributed by atoms with Crippen molar-refractivity contribution in [1.29, 1.82) is 0 Å². The number of nitro groups is 2. The first-order valence-corrected chi connectivity index (χ1v) is 4.81. The van der Waals surface area contributed by atoms with Gasteiger partial charge in [-0.1, -0.05) is 0 Å². The maximum Gasteiger partial charge on any atom is 0.287 e. The number of nitro benzene ring substituents is 2. The molecule has 0 saturated heterocycles. The van der Waals surface area contributed by atoms with Crippen LogP contribution in [0.3, 0.4) is 0 Å². The number of Topliss-reactive ketones (excluding diaryl/α,β-unsaturated/α-hetero) is 1. The highest BCUT2D eigenvalue weighted by molar-refractivity contribution is 6.03. The van der Waals surface area contributed by atoms with Crippen molar-refractivity contribution in [2.24, 2.45) is 11.5 Å². The summed E-state index contributed by atoms with van der Waals surface area (Å²) < 4.78 is 0. The van der Waals surface area contributed by atoms with E-state index in [2.05, 4.69) is 0 Å². The third kappa shape index (κ3) is 2.64. The van der Waals surface area contributed by atoms with Gasteiger partial charge in [-0.2, -0.15) is 0 Å². The lowest BCUT2D eigenvalue weighted by Crippen LogP contribution is -2.38. The van der Waals surface area contributed by atoms with Crippen LogP contribution in [0.1, 0.15) is 10.4 Å². The van der Waals surface area contributed by atoms with Gasteiger partial charge in [-0.25, -0.2) is 0 Å². The normalized spacial score (nSPS) is 11.9. The maximum atomic E-state index is 11.7. The van der Waals surface area contributed by atoms with E-state index in [0.29, 0.717) is 0 Å².